The topological polar surface area (TPSA) is 84.3 Å². The van der Waals surface area contributed by atoms with Crippen LogP contribution in [0.25, 0.3) is 0 Å². The first-order valence-corrected chi connectivity index (χ1v) is 6.57. The Morgan fingerprint density at radius 2 is 1.82 bits per heavy atom. The van der Waals surface area contributed by atoms with Gasteiger partial charge in [-0.05, 0) is 30.3 Å². The quantitative estimate of drug-likeness (QED) is 0.652. The smallest absolute Gasteiger partial charge is 0.269 e. The van der Waals surface area contributed by atoms with E-state index in [0.717, 1.165) is 6.07 Å². The normalized spacial score (nSPS) is 10.1. The second kappa shape index (κ2) is 6.86. The minimum absolute atomic E-state index is 0.0315. The first-order chi connectivity index (χ1) is 10.5. The van der Waals surface area contributed by atoms with Crippen LogP contribution in [-0.4, -0.2) is 17.4 Å². The lowest BCUT2D eigenvalue weighted by molar-refractivity contribution is -0.384. The van der Waals surface area contributed by atoms with Crippen LogP contribution in [0.1, 0.15) is 0 Å². The van der Waals surface area contributed by atoms with Crippen LogP contribution in [0.5, 0.6) is 0 Å². The van der Waals surface area contributed by atoms with Crippen LogP contribution in [0, 0.1) is 15.9 Å². The van der Waals surface area contributed by atoms with E-state index in [0.29, 0.717) is 11.4 Å². The highest BCUT2D eigenvalue weighted by molar-refractivity contribution is 6.31. The summed E-state index contributed by atoms with van der Waals surface area (Å²) in [5, 5.41) is 15.8. The number of benzene rings is 2. The Balaban J connectivity index is 1.89. The number of nitrogens with zero attached hydrogens (tertiary/aromatic N) is 1. The molecule has 2 aromatic rings. The fraction of sp³-hybridized carbons (Fsp3) is 0.0714. The fourth-order valence-corrected chi connectivity index (χ4v) is 1.84. The second-order valence-corrected chi connectivity index (χ2v) is 4.74. The van der Waals surface area contributed by atoms with Crippen LogP contribution >= 0.6 is 11.6 Å². The van der Waals surface area contributed by atoms with Crippen molar-refractivity contribution in [2.75, 3.05) is 17.2 Å². The van der Waals surface area contributed by atoms with Crippen LogP contribution in [0.15, 0.2) is 42.5 Å². The minimum atomic E-state index is -0.566. The van der Waals surface area contributed by atoms with Gasteiger partial charge in [0, 0.05) is 23.5 Å². The Labute approximate surface area is 130 Å². The summed E-state index contributed by atoms with van der Waals surface area (Å²) in [7, 11) is 0. The van der Waals surface area contributed by atoms with Crippen molar-refractivity contribution in [2.45, 2.75) is 0 Å². The van der Waals surface area contributed by atoms with Crippen LogP contribution < -0.4 is 10.6 Å². The molecule has 2 aromatic carbocycles. The lowest BCUT2D eigenvalue weighted by Crippen LogP contribution is -2.21. The predicted octanol–water partition coefficient (Wildman–Crippen LogP) is 3.44. The van der Waals surface area contributed by atoms with Gasteiger partial charge in [0.1, 0.15) is 5.82 Å². The maximum absolute atomic E-state index is 13.0. The largest absolute Gasteiger partial charge is 0.376 e. The van der Waals surface area contributed by atoms with Gasteiger partial charge in [-0.3, -0.25) is 14.9 Å². The molecular formula is C14H11ClFN3O3. The number of non-ortho nitro benzene ring substituents is 1. The SMILES string of the molecule is O=C(CNc1ccc([N+](=O)[O-])cc1)Nc1ccc(F)c(Cl)c1. The molecule has 1 amide bonds. The molecule has 0 aliphatic heterocycles. The van der Waals surface area contributed by atoms with E-state index in [1.165, 1.54) is 36.4 Å². The summed E-state index contributed by atoms with van der Waals surface area (Å²) in [6.45, 7) is -0.0488. The molecule has 114 valence electrons. The van der Waals surface area contributed by atoms with Crippen molar-refractivity contribution in [1.29, 1.82) is 0 Å². The molecule has 0 bridgehead atoms. The van der Waals surface area contributed by atoms with E-state index in [1.807, 2.05) is 0 Å². The maximum atomic E-state index is 13.0. The highest BCUT2D eigenvalue weighted by atomic mass is 35.5. The number of amides is 1. The molecule has 0 spiro atoms. The molecule has 0 fully saturated rings. The van der Waals surface area contributed by atoms with Crippen molar-refractivity contribution in [3.8, 4) is 0 Å². The molecule has 8 heteroatoms. The lowest BCUT2D eigenvalue weighted by Gasteiger charge is -2.08. The number of nitro groups is 1. The highest BCUT2D eigenvalue weighted by Crippen LogP contribution is 2.19. The number of halogens is 2. The van der Waals surface area contributed by atoms with Gasteiger partial charge in [0.05, 0.1) is 16.5 Å². The molecule has 0 saturated carbocycles. The molecule has 0 radical (unpaired) electrons. The molecular weight excluding hydrogens is 313 g/mol. The van der Waals surface area contributed by atoms with Crippen molar-refractivity contribution < 1.29 is 14.1 Å². The van der Waals surface area contributed by atoms with E-state index < -0.39 is 10.7 Å². The highest BCUT2D eigenvalue weighted by Gasteiger charge is 2.07. The molecule has 0 unspecified atom stereocenters. The summed E-state index contributed by atoms with van der Waals surface area (Å²) in [4.78, 5) is 21.7. The predicted molar refractivity (Wildman–Crippen MR) is 81.6 cm³/mol. The monoisotopic (exact) mass is 323 g/mol. The minimum Gasteiger partial charge on any atom is -0.376 e. The summed E-state index contributed by atoms with van der Waals surface area (Å²) < 4.78 is 13.0. The van der Waals surface area contributed by atoms with Gasteiger partial charge in [0.25, 0.3) is 5.69 Å². The van der Waals surface area contributed by atoms with Crippen molar-refractivity contribution in [1.82, 2.24) is 0 Å². The fourth-order valence-electron chi connectivity index (χ4n) is 1.66. The Hall–Kier alpha value is -2.67. The van der Waals surface area contributed by atoms with Crippen molar-refractivity contribution >= 4 is 34.6 Å². The first-order valence-electron chi connectivity index (χ1n) is 6.19. The van der Waals surface area contributed by atoms with E-state index in [9.17, 15) is 19.3 Å². The first kappa shape index (κ1) is 15.7. The summed E-state index contributed by atoms with van der Waals surface area (Å²) in [6, 6.07) is 9.52. The molecule has 0 aliphatic rings. The molecule has 2 N–H and O–H groups in total. The van der Waals surface area contributed by atoms with E-state index in [1.54, 1.807) is 0 Å². The molecule has 22 heavy (non-hydrogen) atoms. The lowest BCUT2D eigenvalue weighted by atomic mass is 10.3. The van der Waals surface area contributed by atoms with Crippen molar-refractivity contribution in [2.24, 2.45) is 0 Å². The van der Waals surface area contributed by atoms with Gasteiger partial charge in [-0.2, -0.15) is 0 Å². The Morgan fingerprint density at radius 1 is 1.18 bits per heavy atom. The van der Waals surface area contributed by atoms with Crippen LogP contribution in [-0.2, 0) is 4.79 Å². The number of anilines is 2. The van der Waals surface area contributed by atoms with E-state index in [2.05, 4.69) is 10.6 Å². The zero-order valence-electron chi connectivity index (χ0n) is 11.2. The van der Waals surface area contributed by atoms with Crippen LogP contribution in [0.2, 0.25) is 5.02 Å². The third-order valence-electron chi connectivity index (χ3n) is 2.73. The molecule has 2 rings (SSSR count). The van der Waals surface area contributed by atoms with E-state index >= 15 is 0 Å². The average Bonchev–Trinajstić information content (AvgIpc) is 2.49. The number of nitro benzene ring substituents is 1. The Kier molecular flexibility index (Phi) is 4.90. The van der Waals surface area contributed by atoms with Crippen molar-refractivity contribution in [3.05, 3.63) is 63.4 Å². The van der Waals surface area contributed by atoms with Crippen molar-refractivity contribution in [3.63, 3.8) is 0 Å². The number of hydrogen-bond acceptors (Lipinski definition) is 4. The number of nitrogens with one attached hydrogen (secondary N) is 2. The van der Waals surface area contributed by atoms with Gasteiger partial charge >= 0.3 is 0 Å². The van der Waals surface area contributed by atoms with Gasteiger partial charge < -0.3 is 10.6 Å². The summed E-state index contributed by atoms with van der Waals surface area (Å²) in [5.41, 5.74) is 0.913. The number of rotatable bonds is 5. The maximum Gasteiger partial charge on any atom is 0.269 e. The summed E-state index contributed by atoms with van der Waals surface area (Å²) in [5.74, 6) is -0.926. The molecule has 0 aliphatic carbocycles. The summed E-state index contributed by atoms with van der Waals surface area (Å²) in [6.07, 6.45) is 0. The van der Waals surface area contributed by atoms with Crippen LogP contribution in [0.4, 0.5) is 21.5 Å². The molecule has 0 aromatic heterocycles. The van der Waals surface area contributed by atoms with Crippen LogP contribution in [0.3, 0.4) is 0 Å². The number of hydrogen-bond donors (Lipinski definition) is 2. The van der Waals surface area contributed by atoms with Gasteiger partial charge in [-0.15, -0.1) is 0 Å². The Bertz CT molecular complexity index is 707. The standard InChI is InChI=1S/C14H11ClFN3O3/c15-12-7-10(3-6-13(12)16)18-14(20)8-17-9-1-4-11(5-2-9)19(21)22/h1-7,17H,8H2,(H,18,20). The molecule has 6 nitrogen and oxygen atoms in total. The average molecular weight is 324 g/mol. The molecule has 0 saturated heterocycles. The molecule has 0 heterocycles. The van der Waals surface area contributed by atoms with Gasteiger partial charge in [-0.25, -0.2) is 4.39 Å². The van der Waals surface area contributed by atoms with Gasteiger partial charge in [-0.1, -0.05) is 11.6 Å². The zero-order valence-corrected chi connectivity index (χ0v) is 11.9. The number of carbonyl (C=O) groups is 1. The second-order valence-electron chi connectivity index (χ2n) is 4.33. The van der Waals surface area contributed by atoms with Gasteiger partial charge in [0.15, 0.2) is 0 Å². The number of carbonyl (C=O) groups excluding carboxylic acids is 1. The third kappa shape index (κ3) is 4.16. The van der Waals surface area contributed by atoms with Gasteiger partial charge in [0.2, 0.25) is 5.91 Å². The zero-order chi connectivity index (χ0) is 16.1. The Morgan fingerprint density at radius 3 is 2.41 bits per heavy atom. The summed E-state index contributed by atoms with van der Waals surface area (Å²) >= 11 is 5.61. The molecule has 0 atom stereocenters. The van der Waals surface area contributed by atoms with E-state index in [4.69, 9.17) is 11.6 Å². The third-order valence-corrected chi connectivity index (χ3v) is 3.02. The van der Waals surface area contributed by atoms with E-state index in [-0.39, 0.29) is 23.2 Å².